The van der Waals surface area contributed by atoms with E-state index in [0.29, 0.717) is 6.61 Å². The minimum Gasteiger partial charge on any atom is -0.486 e. The summed E-state index contributed by atoms with van der Waals surface area (Å²) in [4.78, 5) is 0. The minimum atomic E-state index is 0.125. The average molecular weight is 209 g/mol. The van der Waals surface area contributed by atoms with E-state index in [1.54, 1.807) is 0 Å². The van der Waals surface area contributed by atoms with Gasteiger partial charge in [0.05, 0.1) is 0 Å². The second-order valence-corrected chi connectivity index (χ2v) is 3.06. The molecular formula is C12H19NO2. The third-order valence-electron chi connectivity index (χ3n) is 2.00. The third-order valence-corrected chi connectivity index (χ3v) is 2.00. The number of hydrogen-bond donors (Lipinski definition) is 1. The van der Waals surface area contributed by atoms with Gasteiger partial charge >= 0.3 is 0 Å². The molecule has 1 aliphatic rings. The maximum Gasteiger partial charge on any atom is 0.161 e. The van der Waals surface area contributed by atoms with Crippen molar-refractivity contribution in [1.29, 1.82) is 0 Å². The molecule has 0 saturated carbocycles. The Morgan fingerprint density at radius 1 is 1.27 bits per heavy atom. The topological polar surface area (TPSA) is 30.5 Å². The lowest BCUT2D eigenvalue weighted by atomic mass is 10.2. The first kappa shape index (κ1) is 11.9. The lowest BCUT2D eigenvalue weighted by Crippen LogP contribution is -2.37. The number of para-hydroxylation sites is 2. The van der Waals surface area contributed by atoms with Crippen LogP contribution < -0.4 is 14.8 Å². The van der Waals surface area contributed by atoms with E-state index < -0.39 is 0 Å². The van der Waals surface area contributed by atoms with Crippen LogP contribution in [-0.4, -0.2) is 26.3 Å². The van der Waals surface area contributed by atoms with Gasteiger partial charge in [0.25, 0.3) is 0 Å². The molecule has 0 aromatic heterocycles. The van der Waals surface area contributed by atoms with E-state index in [-0.39, 0.29) is 6.10 Å². The molecule has 1 N–H and O–H groups in total. The van der Waals surface area contributed by atoms with E-state index >= 15 is 0 Å². The summed E-state index contributed by atoms with van der Waals surface area (Å²) in [7, 11) is 1.91. The van der Waals surface area contributed by atoms with Crippen molar-refractivity contribution in [2.45, 2.75) is 20.0 Å². The molecule has 15 heavy (non-hydrogen) atoms. The predicted molar refractivity (Wildman–Crippen MR) is 61.6 cm³/mol. The van der Waals surface area contributed by atoms with Gasteiger partial charge in [0, 0.05) is 6.54 Å². The van der Waals surface area contributed by atoms with Crippen LogP contribution in [0.3, 0.4) is 0 Å². The second kappa shape index (κ2) is 6.30. The van der Waals surface area contributed by atoms with Crippen LogP contribution in [0.2, 0.25) is 0 Å². The summed E-state index contributed by atoms with van der Waals surface area (Å²) < 4.78 is 11.2. The van der Waals surface area contributed by atoms with Crippen molar-refractivity contribution < 1.29 is 9.47 Å². The van der Waals surface area contributed by atoms with Gasteiger partial charge in [-0.2, -0.15) is 0 Å². The molecule has 0 fully saturated rings. The Labute approximate surface area is 91.4 Å². The predicted octanol–water partition coefficient (Wildman–Crippen LogP) is 2.07. The van der Waals surface area contributed by atoms with Gasteiger partial charge in [-0.25, -0.2) is 0 Å². The van der Waals surface area contributed by atoms with E-state index in [0.717, 1.165) is 18.0 Å². The highest BCUT2D eigenvalue weighted by atomic mass is 16.6. The molecule has 3 heteroatoms. The Morgan fingerprint density at radius 2 is 1.93 bits per heavy atom. The normalized spacial score (nSPS) is 17.7. The highest BCUT2D eigenvalue weighted by Gasteiger charge is 2.19. The van der Waals surface area contributed by atoms with Gasteiger partial charge in [0.2, 0.25) is 0 Å². The number of nitrogens with one attached hydrogen (secondary N) is 1. The Kier molecular flexibility index (Phi) is 4.98. The zero-order valence-corrected chi connectivity index (χ0v) is 9.62. The molecule has 0 saturated heterocycles. The van der Waals surface area contributed by atoms with Gasteiger partial charge < -0.3 is 14.8 Å². The largest absolute Gasteiger partial charge is 0.486 e. The summed E-state index contributed by atoms with van der Waals surface area (Å²) in [6, 6.07) is 7.74. The quantitative estimate of drug-likeness (QED) is 0.809. The van der Waals surface area contributed by atoms with Crippen LogP contribution in [0, 0.1) is 0 Å². The summed E-state index contributed by atoms with van der Waals surface area (Å²) in [6.45, 7) is 5.44. The lowest BCUT2D eigenvalue weighted by Gasteiger charge is -2.26. The number of ether oxygens (including phenoxy) is 2. The molecular weight excluding hydrogens is 190 g/mol. The van der Waals surface area contributed by atoms with Crippen molar-refractivity contribution in [3.63, 3.8) is 0 Å². The molecule has 1 heterocycles. The molecule has 0 spiro atoms. The zero-order chi connectivity index (χ0) is 11.1. The fraction of sp³-hybridized carbons (Fsp3) is 0.500. The van der Waals surface area contributed by atoms with Crippen LogP contribution in [0.25, 0.3) is 0 Å². The molecule has 2 rings (SSSR count). The fourth-order valence-electron chi connectivity index (χ4n) is 1.39. The van der Waals surface area contributed by atoms with E-state index in [4.69, 9.17) is 9.47 Å². The molecule has 1 unspecified atom stereocenters. The number of likely N-dealkylation sites (N-methyl/N-ethyl adjacent to an activating group) is 1. The summed E-state index contributed by atoms with van der Waals surface area (Å²) in [5.74, 6) is 1.68. The number of fused-ring (bicyclic) bond motifs is 1. The summed E-state index contributed by atoms with van der Waals surface area (Å²) in [5.41, 5.74) is 0. The molecule has 0 amide bonds. The number of rotatable bonds is 2. The van der Waals surface area contributed by atoms with Gasteiger partial charge in [-0.15, -0.1) is 0 Å². The zero-order valence-electron chi connectivity index (χ0n) is 9.62. The first-order valence-corrected chi connectivity index (χ1v) is 5.43. The molecule has 0 radical (unpaired) electrons. The maximum atomic E-state index is 5.68. The molecule has 1 atom stereocenters. The highest BCUT2D eigenvalue weighted by molar-refractivity contribution is 5.40. The van der Waals surface area contributed by atoms with Gasteiger partial charge in [-0.3, -0.25) is 0 Å². The van der Waals surface area contributed by atoms with Crippen LogP contribution in [0.1, 0.15) is 13.8 Å². The number of hydrogen-bond acceptors (Lipinski definition) is 3. The Hall–Kier alpha value is -1.22. The van der Waals surface area contributed by atoms with Crippen molar-refractivity contribution in [2.75, 3.05) is 20.2 Å². The molecule has 0 bridgehead atoms. The lowest BCUT2D eigenvalue weighted by molar-refractivity contribution is 0.0919. The smallest absolute Gasteiger partial charge is 0.161 e. The van der Waals surface area contributed by atoms with Crippen LogP contribution in [-0.2, 0) is 0 Å². The van der Waals surface area contributed by atoms with E-state index in [1.807, 2.05) is 45.2 Å². The van der Waals surface area contributed by atoms with Crippen molar-refractivity contribution in [1.82, 2.24) is 5.32 Å². The monoisotopic (exact) mass is 209 g/mol. The first-order chi connectivity index (χ1) is 7.40. The van der Waals surface area contributed by atoms with Gasteiger partial charge in [0.1, 0.15) is 12.7 Å². The summed E-state index contributed by atoms with van der Waals surface area (Å²) >= 11 is 0. The van der Waals surface area contributed by atoms with Crippen molar-refractivity contribution in [3.05, 3.63) is 24.3 Å². The summed E-state index contributed by atoms with van der Waals surface area (Å²) in [6.07, 6.45) is 0.125. The van der Waals surface area contributed by atoms with E-state index in [2.05, 4.69) is 5.32 Å². The van der Waals surface area contributed by atoms with Crippen LogP contribution >= 0.6 is 0 Å². The van der Waals surface area contributed by atoms with Gasteiger partial charge in [-0.05, 0) is 19.2 Å². The van der Waals surface area contributed by atoms with Gasteiger partial charge in [0.15, 0.2) is 11.5 Å². The van der Waals surface area contributed by atoms with E-state index in [9.17, 15) is 0 Å². The van der Waals surface area contributed by atoms with Crippen LogP contribution in [0.5, 0.6) is 11.5 Å². The molecule has 1 aromatic rings. The van der Waals surface area contributed by atoms with Crippen molar-refractivity contribution in [3.8, 4) is 11.5 Å². The minimum absolute atomic E-state index is 0.125. The van der Waals surface area contributed by atoms with Crippen LogP contribution in [0.15, 0.2) is 24.3 Å². The SMILES string of the molecule is CC.CNCC1COc2ccccc2O1. The molecule has 0 aliphatic carbocycles. The molecule has 3 nitrogen and oxygen atoms in total. The van der Waals surface area contributed by atoms with Crippen molar-refractivity contribution >= 4 is 0 Å². The fourth-order valence-corrected chi connectivity index (χ4v) is 1.39. The van der Waals surface area contributed by atoms with Crippen molar-refractivity contribution in [2.24, 2.45) is 0 Å². The highest BCUT2D eigenvalue weighted by Crippen LogP contribution is 2.30. The Bertz CT molecular complexity index is 289. The molecule has 1 aromatic carbocycles. The summed E-state index contributed by atoms with van der Waals surface area (Å²) in [5, 5.41) is 3.06. The first-order valence-electron chi connectivity index (χ1n) is 5.43. The van der Waals surface area contributed by atoms with Gasteiger partial charge in [-0.1, -0.05) is 26.0 Å². The van der Waals surface area contributed by atoms with E-state index in [1.165, 1.54) is 0 Å². The second-order valence-electron chi connectivity index (χ2n) is 3.06. The maximum absolute atomic E-state index is 5.68. The standard InChI is InChI=1S/C10H13NO2.C2H6/c1-11-6-8-7-12-9-4-2-3-5-10(9)13-8;1-2/h2-5,8,11H,6-7H2,1H3;1-2H3. The number of benzene rings is 1. The molecule has 84 valence electrons. The third kappa shape index (κ3) is 3.13. The Balaban J connectivity index is 0.000000531. The average Bonchev–Trinajstić information content (AvgIpc) is 2.32. The van der Waals surface area contributed by atoms with Crippen LogP contribution in [0.4, 0.5) is 0 Å². The molecule has 1 aliphatic heterocycles. The Morgan fingerprint density at radius 3 is 2.60 bits per heavy atom.